The fourth-order valence-corrected chi connectivity index (χ4v) is 1.80. The summed E-state index contributed by atoms with van der Waals surface area (Å²) in [6, 6.07) is 3.07. The average molecular weight is 234 g/mol. The molecule has 1 atom stereocenters. The smallest absolute Gasteiger partial charge is 0.146 e. The molecule has 0 radical (unpaired) electrons. The number of halogens is 1. The van der Waals surface area contributed by atoms with Crippen molar-refractivity contribution in [2.24, 2.45) is 5.73 Å². The van der Waals surface area contributed by atoms with Crippen molar-refractivity contribution in [3.05, 3.63) is 47.8 Å². The Morgan fingerprint density at radius 1 is 1.29 bits per heavy atom. The molecular formula is C12H15FN4. The maximum Gasteiger partial charge on any atom is 0.146 e. The zero-order valence-electron chi connectivity index (χ0n) is 9.84. The number of aromatic nitrogens is 3. The molecule has 0 spiro atoms. The lowest BCUT2D eigenvalue weighted by Crippen LogP contribution is -2.19. The molecule has 0 aliphatic heterocycles. The zero-order chi connectivity index (χ0) is 12.4. The van der Waals surface area contributed by atoms with Crippen LogP contribution < -0.4 is 5.73 Å². The molecule has 4 nitrogen and oxygen atoms in total. The molecule has 2 heterocycles. The molecule has 2 N–H and O–H groups in total. The van der Waals surface area contributed by atoms with Gasteiger partial charge in [0.15, 0.2) is 0 Å². The Labute approximate surface area is 99.3 Å². The van der Waals surface area contributed by atoms with E-state index >= 15 is 0 Å². The third-order valence-corrected chi connectivity index (χ3v) is 2.65. The van der Waals surface area contributed by atoms with Gasteiger partial charge in [-0.3, -0.25) is 9.67 Å². The van der Waals surface area contributed by atoms with Crippen LogP contribution in [-0.2, 0) is 0 Å². The molecule has 0 fully saturated rings. The van der Waals surface area contributed by atoms with Gasteiger partial charge >= 0.3 is 0 Å². The van der Waals surface area contributed by atoms with Gasteiger partial charge < -0.3 is 5.73 Å². The van der Waals surface area contributed by atoms with Crippen LogP contribution in [-0.4, -0.2) is 14.8 Å². The summed E-state index contributed by atoms with van der Waals surface area (Å²) in [5.74, 6) is -0.392. The van der Waals surface area contributed by atoms with Crippen LogP contribution >= 0.6 is 0 Å². The summed E-state index contributed by atoms with van der Waals surface area (Å²) in [5, 5.41) is 4.19. The molecule has 2 rings (SSSR count). The van der Waals surface area contributed by atoms with Gasteiger partial charge in [-0.1, -0.05) is 0 Å². The van der Waals surface area contributed by atoms with Gasteiger partial charge in [0.1, 0.15) is 5.82 Å². The minimum absolute atomic E-state index is 0.191. The van der Waals surface area contributed by atoms with Gasteiger partial charge in [0, 0.05) is 24.0 Å². The Morgan fingerprint density at radius 3 is 2.71 bits per heavy atom. The molecule has 0 saturated carbocycles. The van der Waals surface area contributed by atoms with E-state index in [0.29, 0.717) is 5.56 Å². The summed E-state index contributed by atoms with van der Waals surface area (Å²) in [6.07, 6.45) is 4.38. The molecule has 2 aromatic rings. The average Bonchev–Trinajstić information content (AvgIpc) is 2.77. The lowest BCUT2D eigenvalue weighted by atomic mass is 10.1. The molecule has 2 aromatic heterocycles. The normalized spacial score (nSPS) is 13.0. The summed E-state index contributed by atoms with van der Waals surface area (Å²) < 4.78 is 15.4. The highest BCUT2D eigenvalue weighted by Crippen LogP contribution is 2.22. The summed E-state index contributed by atoms with van der Waals surface area (Å²) in [7, 11) is 0. The second-order valence-electron chi connectivity index (χ2n) is 4.17. The number of rotatable bonds is 3. The van der Waals surface area contributed by atoms with Crippen molar-refractivity contribution in [2.45, 2.75) is 25.9 Å². The Hall–Kier alpha value is -1.75. The standard InChI is InChI=1S/C12H15FN4/c1-8(2)17-11(4-6-16-17)12(14)9-3-5-15-7-10(9)13/h3-8,12H,14H2,1-2H3. The van der Waals surface area contributed by atoms with E-state index in [9.17, 15) is 4.39 Å². The summed E-state index contributed by atoms with van der Waals surface area (Å²) in [6.45, 7) is 4.01. The first-order chi connectivity index (χ1) is 8.11. The lowest BCUT2D eigenvalue weighted by molar-refractivity contribution is 0.493. The van der Waals surface area contributed by atoms with E-state index in [-0.39, 0.29) is 6.04 Å². The van der Waals surface area contributed by atoms with E-state index in [0.717, 1.165) is 5.69 Å². The molecule has 0 amide bonds. The van der Waals surface area contributed by atoms with Gasteiger partial charge in [-0.05, 0) is 26.0 Å². The van der Waals surface area contributed by atoms with Crippen molar-refractivity contribution < 1.29 is 4.39 Å². The number of pyridine rings is 1. The largest absolute Gasteiger partial charge is 0.319 e. The number of nitrogens with two attached hydrogens (primary N) is 1. The van der Waals surface area contributed by atoms with Gasteiger partial charge in [0.05, 0.1) is 17.9 Å². The molecule has 0 aliphatic rings. The highest BCUT2D eigenvalue weighted by atomic mass is 19.1. The number of hydrogen-bond acceptors (Lipinski definition) is 3. The van der Waals surface area contributed by atoms with Crippen molar-refractivity contribution in [1.29, 1.82) is 0 Å². The molecule has 17 heavy (non-hydrogen) atoms. The van der Waals surface area contributed by atoms with Gasteiger partial charge in [0.25, 0.3) is 0 Å². The van der Waals surface area contributed by atoms with Crippen LogP contribution in [0.25, 0.3) is 0 Å². The molecule has 1 unspecified atom stereocenters. The van der Waals surface area contributed by atoms with Gasteiger partial charge in [-0.25, -0.2) is 4.39 Å². The van der Waals surface area contributed by atoms with Crippen LogP contribution in [0.4, 0.5) is 4.39 Å². The Kier molecular flexibility index (Phi) is 3.19. The first-order valence-electron chi connectivity index (χ1n) is 5.49. The van der Waals surface area contributed by atoms with Crippen LogP contribution in [0, 0.1) is 5.82 Å². The second-order valence-corrected chi connectivity index (χ2v) is 4.17. The molecular weight excluding hydrogens is 219 g/mol. The van der Waals surface area contributed by atoms with Crippen LogP contribution in [0.15, 0.2) is 30.7 Å². The van der Waals surface area contributed by atoms with E-state index in [1.807, 2.05) is 19.9 Å². The monoisotopic (exact) mass is 234 g/mol. The van der Waals surface area contributed by atoms with E-state index in [1.54, 1.807) is 16.9 Å². The predicted octanol–water partition coefficient (Wildman–Crippen LogP) is 2.05. The molecule has 0 aromatic carbocycles. The quantitative estimate of drug-likeness (QED) is 0.884. The molecule has 5 heteroatoms. The van der Waals surface area contributed by atoms with E-state index in [2.05, 4.69) is 10.1 Å². The fourth-order valence-electron chi connectivity index (χ4n) is 1.80. The van der Waals surface area contributed by atoms with Crippen LogP contribution in [0.2, 0.25) is 0 Å². The Bertz CT molecular complexity index is 507. The molecule has 0 bridgehead atoms. The summed E-state index contributed by atoms with van der Waals surface area (Å²) >= 11 is 0. The van der Waals surface area contributed by atoms with E-state index < -0.39 is 11.9 Å². The summed E-state index contributed by atoms with van der Waals surface area (Å²) in [5.41, 5.74) is 7.30. The number of hydrogen-bond donors (Lipinski definition) is 1. The maximum atomic E-state index is 13.6. The van der Waals surface area contributed by atoms with Crippen LogP contribution in [0.1, 0.15) is 37.2 Å². The fraction of sp³-hybridized carbons (Fsp3) is 0.333. The first kappa shape index (κ1) is 11.7. The lowest BCUT2D eigenvalue weighted by Gasteiger charge is -2.17. The summed E-state index contributed by atoms with van der Waals surface area (Å²) in [4.78, 5) is 3.71. The van der Waals surface area contributed by atoms with E-state index in [4.69, 9.17) is 5.73 Å². The Balaban J connectivity index is 2.41. The minimum Gasteiger partial charge on any atom is -0.319 e. The predicted molar refractivity (Wildman–Crippen MR) is 62.8 cm³/mol. The minimum atomic E-state index is -0.525. The van der Waals surface area contributed by atoms with Gasteiger partial charge in [-0.2, -0.15) is 5.10 Å². The molecule has 90 valence electrons. The molecule has 0 aliphatic carbocycles. The van der Waals surface area contributed by atoms with E-state index in [1.165, 1.54) is 12.4 Å². The van der Waals surface area contributed by atoms with Gasteiger partial charge in [0.2, 0.25) is 0 Å². The van der Waals surface area contributed by atoms with Gasteiger partial charge in [-0.15, -0.1) is 0 Å². The third kappa shape index (κ3) is 2.19. The highest BCUT2D eigenvalue weighted by Gasteiger charge is 2.18. The van der Waals surface area contributed by atoms with Crippen molar-refractivity contribution in [3.63, 3.8) is 0 Å². The maximum absolute atomic E-state index is 13.6. The van der Waals surface area contributed by atoms with Crippen molar-refractivity contribution in [2.75, 3.05) is 0 Å². The number of nitrogens with zero attached hydrogens (tertiary/aromatic N) is 3. The first-order valence-corrected chi connectivity index (χ1v) is 5.49. The second kappa shape index (κ2) is 4.63. The third-order valence-electron chi connectivity index (χ3n) is 2.65. The van der Waals surface area contributed by atoms with Crippen LogP contribution in [0.3, 0.4) is 0 Å². The molecule has 0 saturated heterocycles. The van der Waals surface area contributed by atoms with Crippen molar-refractivity contribution >= 4 is 0 Å². The topological polar surface area (TPSA) is 56.7 Å². The van der Waals surface area contributed by atoms with Crippen molar-refractivity contribution in [1.82, 2.24) is 14.8 Å². The highest BCUT2D eigenvalue weighted by molar-refractivity contribution is 5.26. The van der Waals surface area contributed by atoms with Crippen LogP contribution in [0.5, 0.6) is 0 Å². The van der Waals surface area contributed by atoms with Crippen molar-refractivity contribution in [3.8, 4) is 0 Å². The Morgan fingerprint density at radius 2 is 2.06 bits per heavy atom. The SMILES string of the molecule is CC(C)n1nccc1C(N)c1ccncc1F. The zero-order valence-corrected chi connectivity index (χ0v) is 9.84.